The molecule has 4 heteroatoms. The first-order valence-corrected chi connectivity index (χ1v) is 4.94. The Labute approximate surface area is 92.9 Å². The molecule has 0 aliphatic rings. The van der Waals surface area contributed by atoms with E-state index < -0.39 is 17.6 Å². The Hall–Kier alpha value is -1.26. The number of halogens is 2. The lowest BCUT2D eigenvalue weighted by molar-refractivity contribution is 0.178. The maximum Gasteiger partial charge on any atom is 0.133 e. The quantitative estimate of drug-likeness (QED) is 0.827. The Morgan fingerprint density at radius 2 is 1.94 bits per heavy atom. The average molecular weight is 228 g/mol. The maximum atomic E-state index is 13.4. The molecule has 2 N–H and O–H groups in total. The summed E-state index contributed by atoms with van der Waals surface area (Å²) in [6.45, 7) is 1.22. The van der Waals surface area contributed by atoms with Gasteiger partial charge in [-0.05, 0) is 24.6 Å². The van der Waals surface area contributed by atoms with E-state index in [4.69, 9.17) is 10.2 Å². The summed E-state index contributed by atoms with van der Waals surface area (Å²) in [6.07, 6.45) is 1.57. The highest BCUT2D eigenvalue weighted by molar-refractivity contribution is 5.64. The van der Waals surface area contributed by atoms with Gasteiger partial charge in [-0.3, -0.25) is 0 Å². The Morgan fingerprint density at radius 1 is 1.31 bits per heavy atom. The van der Waals surface area contributed by atoms with Gasteiger partial charge < -0.3 is 10.2 Å². The smallest absolute Gasteiger partial charge is 0.133 e. The summed E-state index contributed by atoms with van der Waals surface area (Å²) in [4.78, 5) is 0. The van der Waals surface area contributed by atoms with Gasteiger partial charge >= 0.3 is 0 Å². The molecule has 0 aromatic heterocycles. The van der Waals surface area contributed by atoms with Crippen molar-refractivity contribution >= 4 is 5.57 Å². The molecule has 0 spiro atoms. The second-order valence-electron chi connectivity index (χ2n) is 3.60. The Balaban J connectivity index is 2.99. The van der Waals surface area contributed by atoms with Crippen molar-refractivity contribution in [2.45, 2.75) is 6.92 Å². The molecule has 0 heterocycles. The van der Waals surface area contributed by atoms with Gasteiger partial charge in [-0.1, -0.05) is 6.08 Å². The van der Waals surface area contributed by atoms with Gasteiger partial charge in [0.05, 0.1) is 13.2 Å². The zero-order valence-corrected chi connectivity index (χ0v) is 8.95. The second-order valence-corrected chi connectivity index (χ2v) is 3.60. The van der Waals surface area contributed by atoms with Crippen LogP contribution >= 0.6 is 0 Å². The maximum absolute atomic E-state index is 13.4. The van der Waals surface area contributed by atoms with E-state index in [1.807, 2.05) is 0 Å². The SMILES string of the molecule is CC(=CC(CO)CO)c1ccc(F)cc1F. The van der Waals surface area contributed by atoms with Crippen molar-refractivity contribution in [1.29, 1.82) is 0 Å². The van der Waals surface area contributed by atoms with Crippen molar-refractivity contribution in [2.75, 3.05) is 13.2 Å². The molecule has 0 aliphatic carbocycles. The number of hydrogen-bond acceptors (Lipinski definition) is 2. The third-order valence-electron chi connectivity index (χ3n) is 2.31. The minimum atomic E-state index is -0.650. The average Bonchev–Trinajstić information content (AvgIpc) is 2.25. The number of allylic oxidation sites excluding steroid dienone is 1. The van der Waals surface area contributed by atoms with Gasteiger partial charge in [-0.25, -0.2) is 8.78 Å². The molecule has 16 heavy (non-hydrogen) atoms. The molecule has 0 amide bonds. The topological polar surface area (TPSA) is 40.5 Å². The summed E-state index contributed by atoms with van der Waals surface area (Å²) < 4.78 is 26.0. The number of benzene rings is 1. The van der Waals surface area contributed by atoms with Crippen molar-refractivity contribution in [2.24, 2.45) is 5.92 Å². The summed E-state index contributed by atoms with van der Waals surface area (Å²) >= 11 is 0. The second kappa shape index (κ2) is 5.72. The molecule has 0 aliphatic heterocycles. The van der Waals surface area contributed by atoms with Gasteiger partial charge in [-0.2, -0.15) is 0 Å². The summed E-state index contributed by atoms with van der Waals surface area (Å²) in [7, 11) is 0. The van der Waals surface area contributed by atoms with E-state index in [9.17, 15) is 8.78 Å². The summed E-state index contributed by atoms with van der Waals surface area (Å²) in [5.74, 6) is -1.71. The van der Waals surface area contributed by atoms with Crippen LogP contribution in [-0.2, 0) is 0 Å². The van der Waals surface area contributed by atoms with E-state index in [1.165, 1.54) is 12.1 Å². The molecule has 2 nitrogen and oxygen atoms in total. The number of aliphatic hydroxyl groups excluding tert-OH is 2. The molecular weight excluding hydrogens is 214 g/mol. The van der Waals surface area contributed by atoms with Gasteiger partial charge in [0.1, 0.15) is 11.6 Å². The first-order valence-electron chi connectivity index (χ1n) is 4.94. The summed E-state index contributed by atoms with van der Waals surface area (Å²) in [6, 6.07) is 3.31. The van der Waals surface area contributed by atoms with Crippen LogP contribution in [0.4, 0.5) is 8.78 Å². The zero-order valence-electron chi connectivity index (χ0n) is 8.95. The number of hydrogen-bond donors (Lipinski definition) is 2. The Bertz CT molecular complexity index is 385. The van der Waals surface area contributed by atoms with Crippen LogP contribution in [-0.4, -0.2) is 23.4 Å². The van der Waals surface area contributed by atoms with E-state index in [2.05, 4.69) is 0 Å². The van der Waals surface area contributed by atoms with E-state index in [0.717, 1.165) is 6.07 Å². The Kier molecular flexibility index (Phi) is 4.58. The normalized spacial score (nSPS) is 12.2. The molecule has 0 unspecified atom stereocenters. The minimum Gasteiger partial charge on any atom is -0.396 e. The van der Waals surface area contributed by atoms with Gasteiger partial charge in [0, 0.05) is 17.5 Å². The largest absolute Gasteiger partial charge is 0.396 e. The fourth-order valence-electron chi connectivity index (χ4n) is 1.42. The molecule has 0 atom stereocenters. The zero-order chi connectivity index (χ0) is 12.1. The third kappa shape index (κ3) is 3.12. The molecule has 0 saturated carbocycles. The van der Waals surface area contributed by atoms with Crippen molar-refractivity contribution in [3.05, 3.63) is 41.5 Å². The van der Waals surface area contributed by atoms with Crippen LogP contribution in [0, 0.1) is 17.6 Å². The minimum absolute atomic E-state index is 0.212. The Morgan fingerprint density at radius 3 is 2.44 bits per heavy atom. The molecule has 1 aromatic rings. The van der Waals surface area contributed by atoms with Crippen LogP contribution in [0.3, 0.4) is 0 Å². The molecule has 0 radical (unpaired) electrons. The molecule has 1 aromatic carbocycles. The van der Waals surface area contributed by atoms with Crippen molar-refractivity contribution in [1.82, 2.24) is 0 Å². The van der Waals surface area contributed by atoms with Gasteiger partial charge in [-0.15, -0.1) is 0 Å². The van der Waals surface area contributed by atoms with Crippen LogP contribution in [0.1, 0.15) is 12.5 Å². The molecule has 0 saturated heterocycles. The van der Waals surface area contributed by atoms with E-state index >= 15 is 0 Å². The number of rotatable bonds is 4. The van der Waals surface area contributed by atoms with Gasteiger partial charge in [0.25, 0.3) is 0 Å². The van der Waals surface area contributed by atoms with Crippen molar-refractivity contribution in [3.63, 3.8) is 0 Å². The van der Waals surface area contributed by atoms with Crippen LogP contribution in [0.2, 0.25) is 0 Å². The first-order chi connectivity index (χ1) is 7.58. The summed E-state index contributed by atoms with van der Waals surface area (Å²) in [5, 5.41) is 17.8. The number of aliphatic hydroxyl groups is 2. The molecule has 0 fully saturated rings. The predicted molar refractivity (Wildman–Crippen MR) is 57.7 cm³/mol. The van der Waals surface area contributed by atoms with E-state index in [0.29, 0.717) is 5.57 Å². The highest BCUT2D eigenvalue weighted by atomic mass is 19.1. The van der Waals surface area contributed by atoms with Crippen LogP contribution in [0.25, 0.3) is 5.57 Å². The molecule has 1 rings (SSSR count). The fraction of sp³-hybridized carbons (Fsp3) is 0.333. The molecule has 88 valence electrons. The van der Waals surface area contributed by atoms with Gasteiger partial charge in [0.15, 0.2) is 0 Å². The third-order valence-corrected chi connectivity index (χ3v) is 2.31. The standard InChI is InChI=1S/C12H14F2O2/c1-8(4-9(6-15)7-16)11-3-2-10(13)5-12(11)14/h2-5,9,15-16H,6-7H2,1H3. The van der Waals surface area contributed by atoms with Crippen LogP contribution in [0.5, 0.6) is 0 Å². The van der Waals surface area contributed by atoms with Crippen LogP contribution in [0.15, 0.2) is 24.3 Å². The lowest BCUT2D eigenvalue weighted by Gasteiger charge is -2.08. The molecular formula is C12H14F2O2. The van der Waals surface area contributed by atoms with E-state index in [1.54, 1.807) is 13.0 Å². The van der Waals surface area contributed by atoms with E-state index in [-0.39, 0.29) is 18.8 Å². The fourth-order valence-corrected chi connectivity index (χ4v) is 1.42. The summed E-state index contributed by atoms with van der Waals surface area (Å²) in [5.41, 5.74) is 0.832. The highest BCUT2D eigenvalue weighted by Crippen LogP contribution is 2.20. The monoisotopic (exact) mass is 228 g/mol. The van der Waals surface area contributed by atoms with Crippen LogP contribution < -0.4 is 0 Å². The first kappa shape index (κ1) is 12.8. The van der Waals surface area contributed by atoms with Crippen molar-refractivity contribution in [3.8, 4) is 0 Å². The predicted octanol–water partition coefficient (Wildman–Crippen LogP) is 1.97. The lowest BCUT2D eigenvalue weighted by atomic mass is 10.0. The molecule has 0 bridgehead atoms. The lowest BCUT2D eigenvalue weighted by Crippen LogP contribution is -2.08. The van der Waals surface area contributed by atoms with Gasteiger partial charge in [0.2, 0.25) is 0 Å². The highest BCUT2D eigenvalue weighted by Gasteiger charge is 2.08. The van der Waals surface area contributed by atoms with Crippen molar-refractivity contribution < 1.29 is 19.0 Å².